The highest BCUT2D eigenvalue weighted by Crippen LogP contribution is 2.11. The lowest BCUT2D eigenvalue weighted by Gasteiger charge is -2.22. The largest absolute Gasteiger partial charge is 0.354 e. The second-order valence-corrected chi connectivity index (χ2v) is 4.96. The number of rotatable bonds is 5. The molecule has 0 radical (unpaired) electrons. The van der Waals surface area contributed by atoms with Gasteiger partial charge in [0, 0.05) is 20.0 Å². The highest BCUT2D eigenvalue weighted by molar-refractivity contribution is 5.81. The number of carbonyl (C=O) groups excluding carboxylic acids is 1. The summed E-state index contributed by atoms with van der Waals surface area (Å²) in [6.07, 6.45) is 2.90. The summed E-state index contributed by atoms with van der Waals surface area (Å²) in [5, 5.41) is 9.17. The standard InChI is InChI=1S/C12H21N5O2/c1-9(17-7-3-4-8-17)11(18)13-6-5-10-14-15-12(19)16(10)2/h9H,3-8H2,1-2H3,(H,13,18)(H,15,19)/t9-/m1/s1. The van der Waals surface area contributed by atoms with Crippen LogP contribution in [0.25, 0.3) is 0 Å². The van der Waals surface area contributed by atoms with Crippen LogP contribution in [0.3, 0.4) is 0 Å². The highest BCUT2D eigenvalue weighted by Gasteiger charge is 2.23. The minimum atomic E-state index is -0.230. The zero-order valence-electron chi connectivity index (χ0n) is 11.5. The molecule has 1 fully saturated rings. The maximum Gasteiger partial charge on any atom is 0.343 e. The summed E-state index contributed by atoms with van der Waals surface area (Å²) in [5.74, 6) is 0.696. The van der Waals surface area contributed by atoms with Crippen LogP contribution in [0.15, 0.2) is 4.79 Å². The first kappa shape index (κ1) is 13.8. The fourth-order valence-electron chi connectivity index (χ4n) is 2.34. The van der Waals surface area contributed by atoms with Gasteiger partial charge in [-0.3, -0.25) is 14.3 Å². The zero-order chi connectivity index (χ0) is 13.8. The predicted molar refractivity (Wildman–Crippen MR) is 70.8 cm³/mol. The Kier molecular flexibility index (Phi) is 4.36. The second kappa shape index (κ2) is 6.01. The van der Waals surface area contributed by atoms with Gasteiger partial charge in [0.05, 0.1) is 6.04 Å². The van der Waals surface area contributed by atoms with E-state index >= 15 is 0 Å². The first-order valence-electron chi connectivity index (χ1n) is 6.71. The van der Waals surface area contributed by atoms with Gasteiger partial charge < -0.3 is 5.32 Å². The third-order valence-electron chi connectivity index (χ3n) is 3.69. The molecule has 1 amide bonds. The number of hydrogen-bond donors (Lipinski definition) is 2. The summed E-state index contributed by atoms with van der Waals surface area (Å²) in [6, 6.07) is -0.0782. The predicted octanol–water partition coefficient (Wildman–Crippen LogP) is -0.749. The number of aromatic nitrogens is 3. The van der Waals surface area contributed by atoms with Crippen molar-refractivity contribution in [2.45, 2.75) is 32.2 Å². The number of hydrogen-bond acceptors (Lipinski definition) is 4. The van der Waals surface area contributed by atoms with E-state index in [1.807, 2.05) is 6.92 Å². The number of likely N-dealkylation sites (tertiary alicyclic amines) is 1. The fourth-order valence-corrected chi connectivity index (χ4v) is 2.34. The van der Waals surface area contributed by atoms with Crippen LogP contribution >= 0.6 is 0 Å². The molecular weight excluding hydrogens is 246 g/mol. The van der Waals surface area contributed by atoms with Crippen molar-refractivity contribution in [3.8, 4) is 0 Å². The third kappa shape index (κ3) is 3.23. The molecule has 1 atom stereocenters. The molecule has 0 aromatic carbocycles. The molecule has 0 unspecified atom stereocenters. The zero-order valence-corrected chi connectivity index (χ0v) is 11.5. The van der Waals surface area contributed by atoms with Gasteiger partial charge in [0.25, 0.3) is 0 Å². The average Bonchev–Trinajstić information content (AvgIpc) is 3.03. The van der Waals surface area contributed by atoms with E-state index in [1.165, 1.54) is 17.4 Å². The number of amides is 1. The fraction of sp³-hybridized carbons (Fsp3) is 0.750. The summed E-state index contributed by atoms with van der Waals surface area (Å²) in [4.78, 5) is 25.3. The summed E-state index contributed by atoms with van der Waals surface area (Å²) in [5.41, 5.74) is -0.230. The van der Waals surface area contributed by atoms with Crippen molar-refractivity contribution < 1.29 is 4.79 Å². The van der Waals surface area contributed by atoms with Gasteiger partial charge in [-0.05, 0) is 32.9 Å². The summed E-state index contributed by atoms with van der Waals surface area (Å²) in [6.45, 7) is 4.44. The Balaban J connectivity index is 1.77. The van der Waals surface area contributed by atoms with Crippen molar-refractivity contribution in [1.29, 1.82) is 0 Å². The van der Waals surface area contributed by atoms with Crippen molar-refractivity contribution >= 4 is 5.91 Å². The van der Waals surface area contributed by atoms with Gasteiger partial charge in [-0.2, -0.15) is 5.10 Å². The van der Waals surface area contributed by atoms with Crippen molar-refractivity contribution in [1.82, 2.24) is 25.0 Å². The number of carbonyl (C=O) groups is 1. The second-order valence-electron chi connectivity index (χ2n) is 4.96. The van der Waals surface area contributed by atoms with Gasteiger partial charge in [-0.25, -0.2) is 9.89 Å². The van der Waals surface area contributed by atoms with Gasteiger partial charge in [0.15, 0.2) is 0 Å². The van der Waals surface area contributed by atoms with E-state index in [-0.39, 0.29) is 17.6 Å². The van der Waals surface area contributed by atoms with Gasteiger partial charge in [-0.15, -0.1) is 0 Å². The Morgan fingerprint density at radius 3 is 2.74 bits per heavy atom. The smallest absolute Gasteiger partial charge is 0.343 e. The molecule has 2 N–H and O–H groups in total. The summed E-state index contributed by atoms with van der Waals surface area (Å²) < 4.78 is 1.45. The average molecular weight is 267 g/mol. The van der Waals surface area contributed by atoms with E-state index in [9.17, 15) is 9.59 Å². The Hall–Kier alpha value is -1.63. The lowest BCUT2D eigenvalue weighted by atomic mass is 10.2. The van der Waals surface area contributed by atoms with Crippen molar-refractivity contribution in [3.63, 3.8) is 0 Å². The van der Waals surface area contributed by atoms with Crippen LogP contribution in [-0.4, -0.2) is 51.2 Å². The van der Waals surface area contributed by atoms with Crippen molar-refractivity contribution in [3.05, 3.63) is 16.3 Å². The lowest BCUT2D eigenvalue weighted by molar-refractivity contribution is -0.125. The normalized spacial score (nSPS) is 17.6. The molecule has 2 rings (SSSR count). The molecule has 1 aromatic rings. The first-order valence-corrected chi connectivity index (χ1v) is 6.71. The van der Waals surface area contributed by atoms with E-state index in [2.05, 4.69) is 20.4 Å². The van der Waals surface area contributed by atoms with Crippen LogP contribution in [0.2, 0.25) is 0 Å². The van der Waals surface area contributed by atoms with Gasteiger partial charge in [0.2, 0.25) is 5.91 Å². The number of nitrogens with zero attached hydrogens (tertiary/aromatic N) is 3. The Morgan fingerprint density at radius 2 is 2.16 bits per heavy atom. The molecule has 0 aliphatic carbocycles. The van der Waals surface area contributed by atoms with Crippen molar-refractivity contribution in [2.75, 3.05) is 19.6 Å². The lowest BCUT2D eigenvalue weighted by Crippen LogP contribution is -2.44. The van der Waals surface area contributed by atoms with Crippen LogP contribution in [0, 0.1) is 0 Å². The van der Waals surface area contributed by atoms with E-state index in [0.717, 1.165) is 13.1 Å². The first-order chi connectivity index (χ1) is 9.09. The van der Waals surface area contributed by atoms with Crippen LogP contribution in [0.5, 0.6) is 0 Å². The molecule has 1 saturated heterocycles. The topological polar surface area (TPSA) is 83.0 Å². The molecule has 0 spiro atoms. The van der Waals surface area contributed by atoms with E-state index in [4.69, 9.17) is 0 Å². The molecule has 1 aliphatic heterocycles. The quantitative estimate of drug-likeness (QED) is 0.735. The number of H-pyrrole nitrogens is 1. The Labute approximate surface area is 112 Å². The third-order valence-corrected chi connectivity index (χ3v) is 3.69. The molecular formula is C12H21N5O2. The summed E-state index contributed by atoms with van der Waals surface area (Å²) >= 11 is 0. The minimum Gasteiger partial charge on any atom is -0.354 e. The molecule has 1 aromatic heterocycles. The van der Waals surface area contributed by atoms with Gasteiger partial charge in [-0.1, -0.05) is 0 Å². The molecule has 0 saturated carbocycles. The maximum atomic E-state index is 12.0. The molecule has 2 heterocycles. The van der Waals surface area contributed by atoms with E-state index in [0.29, 0.717) is 18.8 Å². The van der Waals surface area contributed by atoms with Gasteiger partial charge in [0.1, 0.15) is 5.82 Å². The van der Waals surface area contributed by atoms with Gasteiger partial charge >= 0.3 is 5.69 Å². The highest BCUT2D eigenvalue weighted by atomic mass is 16.2. The molecule has 106 valence electrons. The molecule has 0 bridgehead atoms. The monoisotopic (exact) mass is 267 g/mol. The van der Waals surface area contributed by atoms with Crippen LogP contribution in [0.1, 0.15) is 25.6 Å². The van der Waals surface area contributed by atoms with Crippen LogP contribution in [-0.2, 0) is 18.3 Å². The Morgan fingerprint density at radius 1 is 1.47 bits per heavy atom. The van der Waals surface area contributed by atoms with E-state index < -0.39 is 0 Å². The van der Waals surface area contributed by atoms with Crippen molar-refractivity contribution in [2.24, 2.45) is 7.05 Å². The molecule has 7 heteroatoms. The SMILES string of the molecule is C[C@H](C(=O)NCCc1n[nH]c(=O)n1C)N1CCCC1. The number of aromatic amines is 1. The molecule has 1 aliphatic rings. The number of nitrogens with one attached hydrogen (secondary N) is 2. The molecule has 7 nitrogen and oxygen atoms in total. The molecule has 19 heavy (non-hydrogen) atoms. The maximum absolute atomic E-state index is 12.0. The van der Waals surface area contributed by atoms with Crippen LogP contribution < -0.4 is 11.0 Å². The summed E-state index contributed by atoms with van der Waals surface area (Å²) in [7, 11) is 1.66. The van der Waals surface area contributed by atoms with Crippen LogP contribution in [0.4, 0.5) is 0 Å². The minimum absolute atomic E-state index is 0.0439. The van der Waals surface area contributed by atoms with E-state index in [1.54, 1.807) is 7.05 Å². The Bertz CT molecular complexity index is 487.